The number of carbonyl (C=O) groups is 2. The summed E-state index contributed by atoms with van der Waals surface area (Å²) in [5, 5.41) is 13.0. The summed E-state index contributed by atoms with van der Waals surface area (Å²) in [7, 11) is 0. The molecule has 5 heteroatoms. The van der Waals surface area contributed by atoms with Crippen molar-refractivity contribution >= 4 is 29.2 Å². The van der Waals surface area contributed by atoms with E-state index in [0.717, 1.165) is 12.8 Å². The second kappa shape index (κ2) is 4.59. The van der Waals surface area contributed by atoms with Crippen LogP contribution in [0.3, 0.4) is 0 Å². The highest BCUT2D eigenvalue weighted by molar-refractivity contribution is 6.30. The maximum absolute atomic E-state index is 12.7. The Hall–Kier alpha value is -1.81. The molecule has 0 aliphatic heterocycles. The van der Waals surface area contributed by atoms with Gasteiger partial charge in [-0.2, -0.15) is 0 Å². The first-order valence-corrected chi connectivity index (χ1v) is 7.88. The summed E-state index contributed by atoms with van der Waals surface area (Å²) < 4.78 is 0. The molecule has 0 saturated heterocycles. The number of aliphatic carboxylic acids is 1. The summed E-state index contributed by atoms with van der Waals surface area (Å²) in [5.74, 6) is -2.07. The number of carboxylic acid groups (broad SMARTS) is 1. The lowest BCUT2D eigenvalue weighted by molar-refractivity contribution is -0.146. The molecule has 0 heterocycles. The molecule has 3 aliphatic carbocycles. The number of amides is 1. The van der Waals surface area contributed by atoms with E-state index in [1.807, 2.05) is 6.08 Å². The Morgan fingerprint density at radius 3 is 2.23 bits per heavy atom. The molecule has 2 N–H and O–H groups in total. The van der Waals surface area contributed by atoms with Gasteiger partial charge in [0.15, 0.2) is 0 Å². The van der Waals surface area contributed by atoms with Gasteiger partial charge in [0.05, 0.1) is 11.8 Å². The zero-order chi connectivity index (χ0) is 15.5. The number of allylic oxidation sites excluding steroid dienone is 2. The number of hydrogen-bond acceptors (Lipinski definition) is 2. The van der Waals surface area contributed by atoms with Crippen molar-refractivity contribution in [3.05, 3.63) is 41.4 Å². The van der Waals surface area contributed by atoms with Gasteiger partial charge in [-0.05, 0) is 54.4 Å². The lowest BCUT2D eigenvalue weighted by atomic mass is 9.82. The highest BCUT2D eigenvalue weighted by Crippen LogP contribution is 2.72. The van der Waals surface area contributed by atoms with Crippen LogP contribution in [0.25, 0.3) is 0 Å². The van der Waals surface area contributed by atoms with Crippen LogP contribution in [-0.4, -0.2) is 17.0 Å². The lowest BCUT2D eigenvalue weighted by Crippen LogP contribution is -2.36. The van der Waals surface area contributed by atoms with Crippen molar-refractivity contribution in [3.63, 3.8) is 0 Å². The molecular formula is C17H16ClNO3. The monoisotopic (exact) mass is 317 g/mol. The van der Waals surface area contributed by atoms with E-state index in [9.17, 15) is 14.7 Å². The zero-order valence-electron chi connectivity index (χ0n) is 11.8. The van der Waals surface area contributed by atoms with E-state index >= 15 is 0 Å². The molecule has 4 rings (SSSR count). The van der Waals surface area contributed by atoms with Crippen molar-refractivity contribution in [1.82, 2.24) is 0 Å². The summed E-state index contributed by atoms with van der Waals surface area (Å²) in [4.78, 5) is 24.4. The Bertz CT molecular complexity index is 678. The van der Waals surface area contributed by atoms with Gasteiger partial charge < -0.3 is 10.4 Å². The van der Waals surface area contributed by atoms with E-state index in [-0.39, 0.29) is 23.2 Å². The van der Waals surface area contributed by atoms with Gasteiger partial charge in [0.25, 0.3) is 0 Å². The minimum Gasteiger partial charge on any atom is -0.481 e. The van der Waals surface area contributed by atoms with Gasteiger partial charge in [0, 0.05) is 10.7 Å². The fraction of sp³-hybridized carbons (Fsp3) is 0.412. The number of carbonyl (C=O) groups excluding carboxylic acids is 1. The molecule has 0 unspecified atom stereocenters. The zero-order valence-corrected chi connectivity index (χ0v) is 12.6. The molecule has 0 aromatic heterocycles. The molecule has 22 heavy (non-hydrogen) atoms. The summed E-state index contributed by atoms with van der Waals surface area (Å²) in [5.41, 5.74) is 0.695. The topological polar surface area (TPSA) is 66.4 Å². The van der Waals surface area contributed by atoms with Crippen LogP contribution in [0.1, 0.15) is 12.8 Å². The normalized spacial score (nSPS) is 33.1. The van der Waals surface area contributed by atoms with Crippen molar-refractivity contribution in [2.24, 2.45) is 29.1 Å². The van der Waals surface area contributed by atoms with Gasteiger partial charge in [0.1, 0.15) is 0 Å². The molecule has 1 aromatic carbocycles. The van der Waals surface area contributed by atoms with E-state index < -0.39 is 17.8 Å². The van der Waals surface area contributed by atoms with Crippen LogP contribution < -0.4 is 5.32 Å². The quantitative estimate of drug-likeness (QED) is 0.841. The first-order valence-electron chi connectivity index (χ1n) is 7.50. The summed E-state index contributed by atoms with van der Waals surface area (Å²) in [6.45, 7) is 0. The van der Waals surface area contributed by atoms with Crippen LogP contribution in [0.15, 0.2) is 36.4 Å². The molecule has 4 atom stereocenters. The number of hydrogen-bond donors (Lipinski definition) is 2. The predicted octanol–water partition coefficient (Wildman–Crippen LogP) is 3.19. The highest BCUT2D eigenvalue weighted by atomic mass is 35.5. The van der Waals surface area contributed by atoms with Gasteiger partial charge in [-0.3, -0.25) is 9.59 Å². The predicted molar refractivity (Wildman–Crippen MR) is 82.5 cm³/mol. The molecule has 2 fully saturated rings. The number of rotatable bonds is 3. The van der Waals surface area contributed by atoms with Crippen LogP contribution >= 0.6 is 11.6 Å². The van der Waals surface area contributed by atoms with Crippen molar-refractivity contribution in [1.29, 1.82) is 0 Å². The average molecular weight is 318 g/mol. The Morgan fingerprint density at radius 2 is 1.68 bits per heavy atom. The number of halogens is 1. The molecule has 1 spiro atoms. The molecule has 0 radical (unpaired) electrons. The van der Waals surface area contributed by atoms with Crippen molar-refractivity contribution < 1.29 is 14.7 Å². The third kappa shape index (κ3) is 1.83. The van der Waals surface area contributed by atoms with Crippen LogP contribution in [0.2, 0.25) is 5.02 Å². The van der Waals surface area contributed by atoms with Crippen LogP contribution in [-0.2, 0) is 9.59 Å². The Balaban J connectivity index is 1.60. The molecule has 114 valence electrons. The SMILES string of the molecule is O=C(O)[C@@H]1[C@@H](C(=O)Nc2ccc(Cl)cc2)[C@H]2C=C[C@H]1C21CC1. The Labute approximate surface area is 133 Å². The maximum Gasteiger partial charge on any atom is 0.307 e. The van der Waals surface area contributed by atoms with Gasteiger partial charge in [0.2, 0.25) is 5.91 Å². The van der Waals surface area contributed by atoms with Crippen molar-refractivity contribution in [2.45, 2.75) is 12.8 Å². The highest BCUT2D eigenvalue weighted by Gasteiger charge is 2.70. The summed E-state index contributed by atoms with van der Waals surface area (Å²) >= 11 is 5.84. The van der Waals surface area contributed by atoms with Gasteiger partial charge in [-0.15, -0.1) is 0 Å². The molecule has 3 aliphatic rings. The number of benzene rings is 1. The van der Waals surface area contributed by atoms with Crippen molar-refractivity contribution in [2.75, 3.05) is 5.32 Å². The molecular weight excluding hydrogens is 302 g/mol. The molecule has 2 saturated carbocycles. The van der Waals surface area contributed by atoms with E-state index in [0.29, 0.717) is 10.7 Å². The summed E-state index contributed by atoms with van der Waals surface area (Å²) in [6.07, 6.45) is 6.14. The third-order valence-electron chi connectivity index (χ3n) is 5.54. The first-order chi connectivity index (χ1) is 10.5. The smallest absolute Gasteiger partial charge is 0.307 e. The molecule has 2 bridgehead atoms. The molecule has 4 nitrogen and oxygen atoms in total. The fourth-order valence-corrected chi connectivity index (χ4v) is 4.58. The standard InChI is InChI=1S/C17H16ClNO3/c18-9-1-3-10(4-2-9)19-15(20)13-11-5-6-12(14(13)16(21)22)17(11)7-8-17/h1-6,11-14H,7-8H2,(H,19,20)(H,21,22)/t11-,12-,13+,14+/m1/s1. The van der Waals surface area contributed by atoms with E-state index in [4.69, 9.17) is 11.6 Å². The van der Waals surface area contributed by atoms with Crippen molar-refractivity contribution in [3.8, 4) is 0 Å². The van der Waals surface area contributed by atoms with Crippen LogP contribution in [0.4, 0.5) is 5.69 Å². The Morgan fingerprint density at radius 1 is 1.09 bits per heavy atom. The number of carboxylic acids is 1. The third-order valence-corrected chi connectivity index (χ3v) is 5.79. The van der Waals surface area contributed by atoms with Crippen LogP contribution in [0.5, 0.6) is 0 Å². The van der Waals surface area contributed by atoms with E-state index in [2.05, 4.69) is 11.4 Å². The Kier molecular flexibility index (Phi) is 2.89. The van der Waals surface area contributed by atoms with Gasteiger partial charge in [-0.25, -0.2) is 0 Å². The largest absolute Gasteiger partial charge is 0.481 e. The summed E-state index contributed by atoms with van der Waals surface area (Å²) in [6, 6.07) is 6.86. The minimum absolute atomic E-state index is 0.0102. The average Bonchev–Trinajstić information content (AvgIpc) is 3.15. The molecule has 1 aromatic rings. The van der Waals surface area contributed by atoms with Crippen LogP contribution in [0, 0.1) is 29.1 Å². The lowest BCUT2D eigenvalue weighted by Gasteiger charge is -2.23. The van der Waals surface area contributed by atoms with E-state index in [1.165, 1.54) is 0 Å². The second-order valence-corrected chi connectivity index (χ2v) is 6.99. The first kappa shape index (κ1) is 13.8. The second-order valence-electron chi connectivity index (χ2n) is 6.56. The minimum atomic E-state index is -0.862. The van der Waals surface area contributed by atoms with Gasteiger partial charge in [-0.1, -0.05) is 23.8 Å². The van der Waals surface area contributed by atoms with Gasteiger partial charge >= 0.3 is 5.97 Å². The number of nitrogens with one attached hydrogen (secondary N) is 1. The van der Waals surface area contributed by atoms with E-state index in [1.54, 1.807) is 24.3 Å². The molecule has 1 amide bonds. The fourth-order valence-electron chi connectivity index (χ4n) is 4.45. The maximum atomic E-state index is 12.7. The number of anilines is 1.